The van der Waals surface area contributed by atoms with E-state index in [4.69, 9.17) is 21.1 Å². The second-order valence-corrected chi connectivity index (χ2v) is 5.04. The minimum atomic E-state index is -1.50. The maximum atomic E-state index is 10.7. The Balaban J connectivity index is 0.00000103. The lowest BCUT2D eigenvalue weighted by atomic mass is 10.2. The van der Waals surface area contributed by atoms with Crippen molar-refractivity contribution in [2.24, 2.45) is 21.0 Å². The van der Waals surface area contributed by atoms with Crippen LogP contribution in [0.1, 0.15) is 11.1 Å². The van der Waals surface area contributed by atoms with Crippen LogP contribution in [0.5, 0.6) is 0 Å². The zero-order valence-corrected chi connectivity index (χ0v) is 14.9. The lowest BCUT2D eigenvalue weighted by molar-refractivity contribution is -0.742. The van der Waals surface area contributed by atoms with Crippen LogP contribution in [0, 0.1) is 30.3 Å². The van der Waals surface area contributed by atoms with Crippen molar-refractivity contribution in [1.82, 2.24) is 5.43 Å². The van der Waals surface area contributed by atoms with Gasteiger partial charge in [0, 0.05) is 35.4 Å². The molecule has 156 valence electrons. The summed E-state index contributed by atoms with van der Waals surface area (Å²) in [6.45, 7) is 0. The number of nitro benzene ring substituents is 2. The number of hydrazone groups is 1. The smallest absolute Gasteiger partial charge is 0.291 e. The molecule has 15 nitrogen and oxygen atoms in total. The van der Waals surface area contributed by atoms with Gasteiger partial charge >= 0.3 is 0 Å². The molecule has 0 bridgehead atoms. The SMILES string of the molecule is N/C(=N\N=C\c1cccc([N+](=O)[O-])c1)N/N=C/c1cccc([N+](=O)[O-])c1.O=[N+]([O-])O. The molecule has 0 aliphatic rings. The first kappa shape index (κ1) is 23.1. The molecule has 0 saturated heterocycles. The van der Waals surface area contributed by atoms with E-state index in [0.717, 1.165) is 0 Å². The number of hydrogen-bond donors (Lipinski definition) is 3. The number of non-ortho nitro benzene ring substituents is 2. The van der Waals surface area contributed by atoms with E-state index in [1.54, 1.807) is 12.1 Å². The second kappa shape index (κ2) is 11.7. The average molecular weight is 418 g/mol. The van der Waals surface area contributed by atoms with Gasteiger partial charge in [-0.25, -0.2) is 5.43 Å². The summed E-state index contributed by atoms with van der Waals surface area (Å²) in [5.74, 6) is -0.131. The van der Waals surface area contributed by atoms with Crippen LogP contribution in [0.25, 0.3) is 0 Å². The number of nitrogens with one attached hydrogen (secondary N) is 1. The highest BCUT2D eigenvalue weighted by Gasteiger charge is 2.04. The maximum absolute atomic E-state index is 10.7. The molecule has 0 aliphatic carbocycles. The molecule has 2 aromatic rings. The van der Waals surface area contributed by atoms with Gasteiger partial charge in [-0.05, 0) is 0 Å². The number of hydrogen-bond acceptors (Lipinski definition) is 9. The third-order valence-corrected chi connectivity index (χ3v) is 2.93. The van der Waals surface area contributed by atoms with E-state index in [1.165, 1.54) is 48.8 Å². The lowest BCUT2D eigenvalue weighted by Gasteiger charge is -1.97. The largest absolute Gasteiger partial charge is 0.367 e. The van der Waals surface area contributed by atoms with Gasteiger partial charge in [0.15, 0.2) is 0 Å². The van der Waals surface area contributed by atoms with Crippen LogP contribution in [0.3, 0.4) is 0 Å². The molecule has 30 heavy (non-hydrogen) atoms. The first-order chi connectivity index (χ1) is 14.2. The van der Waals surface area contributed by atoms with Gasteiger partial charge in [-0.15, -0.1) is 15.2 Å². The molecule has 15 heteroatoms. The van der Waals surface area contributed by atoms with E-state index in [-0.39, 0.29) is 17.3 Å². The second-order valence-electron chi connectivity index (χ2n) is 5.04. The van der Waals surface area contributed by atoms with E-state index in [1.807, 2.05) is 0 Å². The molecule has 4 N–H and O–H groups in total. The Hall–Kier alpha value is -4.95. The number of benzene rings is 2. The van der Waals surface area contributed by atoms with Crippen molar-refractivity contribution < 1.29 is 20.1 Å². The van der Waals surface area contributed by atoms with E-state index >= 15 is 0 Å². The molecule has 0 radical (unpaired) electrons. The van der Waals surface area contributed by atoms with Crippen LogP contribution in [0.2, 0.25) is 0 Å². The molecule has 0 atom stereocenters. The average Bonchev–Trinajstić information content (AvgIpc) is 2.68. The fourth-order valence-corrected chi connectivity index (χ4v) is 1.79. The lowest BCUT2D eigenvalue weighted by Crippen LogP contribution is -2.26. The molecule has 0 fully saturated rings. The predicted molar refractivity (Wildman–Crippen MR) is 105 cm³/mol. The molecule has 0 saturated carbocycles. The molecule has 2 rings (SSSR count). The quantitative estimate of drug-likeness (QED) is 0.266. The predicted octanol–water partition coefficient (Wildman–Crippen LogP) is 1.43. The van der Waals surface area contributed by atoms with Crippen LogP contribution in [0.15, 0.2) is 63.8 Å². The van der Waals surface area contributed by atoms with Crippen molar-refractivity contribution in [2.45, 2.75) is 0 Å². The molecule has 0 heterocycles. The third-order valence-electron chi connectivity index (χ3n) is 2.93. The Morgan fingerprint density at radius 3 is 1.87 bits per heavy atom. The highest BCUT2D eigenvalue weighted by molar-refractivity contribution is 5.85. The number of guanidine groups is 1. The molecule has 0 aliphatic heterocycles. The van der Waals surface area contributed by atoms with Crippen molar-refractivity contribution in [3.8, 4) is 0 Å². The molecule has 0 aromatic heterocycles. The number of rotatable bonds is 6. The Labute approximate surface area is 167 Å². The Morgan fingerprint density at radius 2 is 1.40 bits per heavy atom. The third kappa shape index (κ3) is 9.12. The van der Waals surface area contributed by atoms with Crippen molar-refractivity contribution in [3.05, 3.63) is 90.0 Å². The molecule has 0 unspecified atom stereocenters. The van der Waals surface area contributed by atoms with Gasteiger partial charge < -0.3 is 10.9 Å². The summed E-state index contributed by atoms with van der Waals surface area (Å²) in [7, 11) is 0. The van der Waals surface area contributed by atoms with Crippen molar-refractivity contribution in [3.63, 3.8) is 0 Å². The molecular formula is C15H14N8O7. The highest BCUT2D eigenvalue weighted by Crippen LogP contribution is 2.12. The molecule has 0 amide bonds. The maximum Gasteiger partial charge on any atom is 0.291 e. The summed E-state index contributed by atoms with van der Waals surface area (Å²) in [6, 6.07) is 11.7. The van der Waals surface area contributed by atoms with Gasteiger partial charge in [0.2, 0.25) is 5.96 Å². The van der Waals surface area contributed by atoms with E-state index < -0.39 is 14.9 Å². The summed E-state index contributed by atoms with van der Waals surface area (Å²) in [4.78, 5) is 28.7. The number of nitrogens with zero attached hydrogens (tertiary/aromatic N) is 6. The molecule has 2 aromatic carbocycles. The van der Waals surface area contributed by atoms with Crippen molar-refractivity contribution in [1.29, 1.82) is 0 Å². The Morgan fingerprint density at radius 1 is 0.933 bits per heavy atom. The van der Waals surface area contributed by atoms with Crippen molar-refractivity contribution >= 4 is 29.8 Å². The minimum absolute atomic E-state index is 0.0582. The first-order valence-electron chi connectivity index (χ1n) is 7.67. The Bertz CT molecular complexity index is 1000. The van der Waals surface area contributed by atoms with Gasteiger partial charge in [0.1, 0.15) is 0 Å². The minimum Gasteiger partial charge on any atom is -0.367 e. The zero-order chi connectivity index (χ0) is 22.5. The fourth-order valence-electron chi connectivity index (χ4n) is 1.79. The monoisotopic (exact) mass is 418 g/mol. The van der Waals surface area contributed by atoms with Crippen LogP contribution in [0.4, 0.5) is 11.4 Å². The normalized spacial score (nSPS) is 11.0. The van der Waals surface area contributed by atoms with Gasteiger partial charge in [0.25, 0.3) is 16.5 Å². The number of nitro groups is 2. The van der Waals surface area contributed by atoms with Gasteiger partial charge in [-0.2, -0.15) is 10.2 Å². The van der Waals surface area contributed by atoms with Crippen molar-refractivity contribution in [2.75, 3.05) is 0 Å². The summed E-state index contributed by atoms with van der Waals surface area (Å²) in [5.41, 5.74) is 8.81. The van der Waals surface area contributed by atoms with Gasteiger partial charge in [0.05, 0.1) is 22.3 Å². The van der Waals surface area contributed by atoms with Crippen LogP contribution in [-0.2, 0) is 0 Å². The Kier molecular flexibility index (Phi) is 9.00. The summed E-state index contributed by atoms with van der Waals surface area (Å²) in [5, 5.41) is 46.1. The topological polar surface area (TPSA) is 225 Å². The first-order valence-corrected chi connectivity index (χ1v) is 7.67. The highest BCUT2D eigenvalue weighted by atomic mass is 16.9. The van der Waals surface area contributed by atoms with Gasteiger partial charge in [-0.1, -0.05) is 24.3 Å². The standard InChI is InChI=1S/C15H13N7O4.HNO3/c16-15(19-17-9-11-3-1-5-13(7-11)21(23)24)20-18-10-12-4-2-6-14(8-12)22(25)26;2-1(3)4/h1-10H,(H3,16,19,20);(H,2,3,4)/b17-9+,18-10+;. The summed E-state index contributed by atoms with van der Waals surface area (Å²) < 4.78 is 0. The van der Waals surface area contributed by atoms with E-state index in [9.17, 15) is 20.2 Å². The van der Waals surface area contributed by atoms with Crippen LogP contribution >= 0.6 is 0 Å². The molecule has 0 spiro atoms. The van der Waals surface area contributed by atoms with E-state index in [0.29, 0.717) is 11.1 Å². The van der Waals surface area contributed by atoms with E-state index in [2.05, 4.69) is 20.7 Å². The zero-order valence-electron chi connectivity index (χ0n) is 14.9. The molecular weight excluding hydrogens is 404 g/mol. The summed E-state index contributed by atoms with van der Waals surface area (Å²) >= 11 is 0. The van der Waals surface area contributed by atoms with Gasteiger partial charge in [-0.3, -0.25) is 20.2 Å². The fraction of sp³-hybridized carbons (Fsp3) is 0. The number of nitrogens with two attached hydrogens (primary N) is 1. The van der Waals surface area contributed by atoms with Crippen LogP contribution < -0.4 is 11.2 Å². The summed E-state index contributed by atoms with van der Waals surface area (Å²) in [6.07, 6.45) is 2.63. The van der Waals surface area contributed by atoms with Crippen LogP contribution in [-0.4, -0.2) is 38.5 Å².